The molecule has 1 aromatic rings. The Morgan fingerprint density at radius 2 is 1.74 bits per heavy atom. The van der Waals surface area contributed by atoms with E-state index in [0.29, 0.717) is 30.9 Å². The van der Waals surface area contributed by atoms with Gasteiger partial charge in [-0.15, -0.1) is 0 Å². The standard InChI is InChI=1S/C22H33NO4/c1-27-19-14-12-18(13-15-19)20(24)10-6-3-7-11-22(26)23-16-21(25)17-8-4-2-5-9-17/h12-15,17,21,25H,2-11,16H2,1H3,(H,23,26)/t21-/m1/s1. The largest absolute Gasteiger partial charge is 0.497 e. The highest BCUT2D eigenvalue weighted by atomic mass is 16.5. The molecule has 2 rings (SSSR count). The zero-order valence-corrected chi connectivity index (χ0v) is 16.4. The van der Waals surface area contributed by atoms with Gasteiger partial charge >= 0.3 is 0 Å². The molecule has 1 amide bonds. The molecule has 1 aromatic carbocycles. The molecule has 1 aliphatic rings. The summed E-state index contributed by atoms with van der Waals surface area (Å²) in [6, 6.07) is 7.15. The predicted octanol–water partition coefficient (Wildman–Crippen LogP) is 3.89. The molecule has 5 nitrogen and oxygen atoms in total. The quantitative estimate of drug-likeness (QED) is 0.454. The first-order chi connectivity index (χ1) is 13.1. The van der Waals surface area contributed by atoms with E-state index in [2.05, 4.69) is 5.32 Å². The highest BCUT2D eigenvalue weighted by Crippen LogP contribution is 2.26. The number of unbranched alkanes of at least 4 members (excludes halogenated alkanes) is 2. The van der Waals surface area contributed by atoms with Crippen LogP contribution >= 0.6 is 0 Å². The Labute approximate surface area is 162 Å². The molecule has 0 aromatic heterocycles. The molecule has 1 fully saturated rings. The first-order valence-corrected chi connectivity index (χ1v) is 10.2. The van der Waals surface area contributed by atoms with Crippen molar-refractivity contribution in [2.75, 3.05) is 13.7 Å². The highest BCUT2D eigenvalue weighted by Gasteiger charge is 2.21. The molecule has 1 atom stereocenters. The van der Waals surface area contributed by atoms with Crippen LogP contribution in [-0.4, -0.2) is 36.6 Å². The maximum absolute atomic E-state index is 12.1. The first-order valence-electron chi connectivity index (χ1n) is 10.2. The zero-order valence-electron chi connectivity index (χ0n) is 16.4. The minimum Gasteiger partial charge on any atom is -0.497 e. The summed E-state index contributed by atoms with van der Waals surface area (Å²) in [5.41, 5.74) is 0.699. The van der Waals surface area contributed by atoms with Gasteiger partial charge in [-0.1, -0.05) is 25.7 Å². The normalized spacial score (nSPS) is 15.9. The Kier molecular flexibility index (Phi) is 9.32. The molecule has 1 aliphatic carbocycles. The number of nitrogens with one attached hydrogen (secondary N) is 1. The van der Waals surface area contributed by atoms with Gasteiger partial charge in [-0.2, -0.15) is 0 Å². The number of amides is 1. The minimum absolute atomic E-state index is 0.00802. The number of ketones is 1. The maximum atomic E-state index is 12.1. The molecular weight excluding hydrogens is 342 g/mol. The lowest BCUT2D eigenvalue weighted by atomic mass is 9.85. The van der Waals surface area contributed by atoms with Gasteiger partial charge in [0.1, 0.15) is 5.75 Å². The predicted molar refractivity (Wildman–Crippen MR) is 106 cm³/mol. The van der Waals surface area contributed by atoms with Crippen molar-refractivity contribution in [3.8, 4) is 5.75 Å². The fraction of sp³-hybridized carbons (Fsp3) is 0.636. The molecule has 0 radical (unpaired) electrons. The van der Waals surface area contributed by atoms with Crippen molar-refractivity contribution >= 4 is 11.7 Å². The number of rotatable bonds is 11. The minimum atomic E-state index is -0.420. The van der Waals surface area contributed by atoms with Crippen LogP contribution in [0.2, 0.25) is 0 Å². The Hall–Kier alpha value is -1.88. The average molecular weight is 376 g/mol. The van der Waals surface area contributed by atoms with Crippen LogP contribution in [0.15, 0.2) is 24.3 Å². The van der Waals surface area contributed by atoms with Crippen molar-refractivity contribution in [3.05, 3.63) is 29.8 Å². The van der Waals surface area contributed by atoms with Gasteiger partial charge in [0.05, 0.1) is 13.2 Å². The van der Waals surface area contributed by atoms with Crippen LogP contribution < -0.4 is 10.1 Å². The number of benzene rings is 1. The molecule has 5 heteroatoms. The third-order valence-electron chi connectivity index (χ3n) is 5.42. The van der Waals surface area contributed by atoms with Crippen molar-refractivity contribution in [2.24, 2.45) is 5.92 Å². The number of hydrogen-bond acceptors (Lipinski definition) is 4. The van der Waals surface area contributed by atoms with E-state index in [1.54, 1.807) is 31.4 Å². The topological polar surface area (TPSA) is 75.6 Å². The monoisotopic (exact) mass is 375 g/mol. The van der Waals surface area contributed by atoms with Crippen LogP contribution in [0.25, 0.3) is 0 Å². The second kappa shape index (κ2) is 11.8. The van der Waals surface area contributed by atoms with E-state index < -0.39 is 6.10 Å². The highest BCUT2D eigenvalue weighted by molar-refractivity contribution is 5.96. The number of hydrogen-bond donors (Lipinski definition) is 2. The van der Waals surface area contributed by atoms with Crippen molar-refractivity contribution in [1.29, 1.82) is 0 Å². The van der Waals surface area contributed by atoms with Crippen LogP contribution in [0, 0.1) is 5.92 Å². The van der Waals surface area contributed by atoms with E-state index >= 15 is 0 Å². The van der Waals surface area contributed by atoms with Gasteiger partial charge in [0.25, 0.3) is 0 Å². The van der Waals surface area contributed by atoms with Gasteiger partial charge in [-0.05, 0) is 55.9 Å². The molecule has 0 saturated heterocycles. The van der Waals surface area contributed by atoms with Crippen LogP contribution in [0.1, 0.15) is 74.6 Å². The molecule has 0 heterocycles. The van der Waals surface area contributed by atoms with Gasteiger partial charge in [0.2, 0.25) is 5.91 Å². The molecule has 0 bridgehead atoms. The van der Waals surface area contributed by atoms with E-state index in [1.807, 2.05) is 0 Å². The summed E-state index contributed by atoms with van der Waals surface area (Å²) >= 11 is 0. The maximum Gasteiger partial charge on any atom is 0.220 e. The molecule has 0 aliphatic heterocycles. The Bertz CT molecular complexity index is 578. The van der Waals surface area contributed by atoms with Crippen LogP contribution in [0.4, 0.5) is 0 Å². The second-order valence-corrected chi connectivity index (χ2v) is 7.48. The van der Waals surface area contributed by atoms with Gasteiger partial charge in [0, 0.05) is 24.9 Å². The molecule has 0 spiro atoms. The Morgan fingerprint density at radius 3 is 2.41 bits per heavy atom. The van der Waals surface area contributed by atoms with Gasteiger partial charge in [-0.25, -0.2) is 0 Å². The van der Waals surface area contributed by atoms with Gasteiger partial charge in [-0.3, -0.25) is 9.59 Å². The number of carbonyl (C=O) groups is 2. The Morgan fingerprint density at radius 1 is 1.07 bits per heavy atom. The summed E-state index contributed by atoms with van der Waals surface area (Å²) in [7, 11) is 1.60. The fourth-order valence-corrected chi connectivity index (χ4v) is 3.66. The SMILES string of the molecule is COc1ccc(C(=O)CCCCCC(=O)NC[C@@H](O)C2CCCCC2)cc1. The van der Waals surface area contributed by atoms with Crippen molar-refractivity contribution in [1.82, 2.24) is 5.32 Å². The van der Waals surface area contributed by atoms with Gasteiger partial charge in [0.15, 0.2) is 5.78 Å². The third kappa shape index (κ3) is 7.71. The molecule has 0 unspecified atom stereocenters. The second-order valence-electron chi connectivity index (χ2n) is 7.48. The first kappa shape index (κ1) is 21.4. The number of methoxy groups -OCH3 is 1. The van der Waals surface area contributed by atoms with Crippen molar-refractivity contribution in [3.63, 3.8) is 0 Å². The number of carbonyl (C=O) groups excluding carboxylic acids is 2. The van der Waals surface area contributed by atoms with Crippen molar-refractivity contribution < 1.29 is 19.4 Å². The van der Waals surface area contributed by atoms with E-state index in [0.717, 1.165) is 37.9 Å². The van der Waals surface area contributed by atoms with E-state index in [4.69, 9.17) is 4.74 Å². The summed E-state index contributed by atoms with van der Waals surface area (Å²) in [5, 5.41) is 13.0. The number of ether oxygens (including phenoxy) is 1. The number of aliphatic hydroxyl groups is 1. The summed E-state index contributed by atoms with van der Waals surface area (Å²) in [4.78, 5) is 24.0. The lowest BCUT2D eigenvalue weighted by Gasteiger charge is -2.26. The fourth-order valence-electron chi connectivity index (χ4n) is 3.66. The average Bonchev–Trinajstić information content (AvgIpc) is 2.72. The van der Waals surface area contributed by atoms with E-state index in [9.17, 15) is 14.7 Å². The summed E-state index contributed by atoms with van der Waals surface area (Å²) in [6.45, 7) is 0.361. The molecule has 2 N–H and O–H groups in total. The van der Waals surface area contributed by atoms with Crippen molar-refractivity contribution in [2.45, 2.75) is 70.3 Å². The van der Waals surface area contributed by atoms with Gasteiger partial charge < -0.3 is 15.2 Å². The molecule has 150 valence electrons. The molecular formula is C22H33NO4. The number of Topliss-reactive ketones (excluding diaryl/α,β-unsaturated/α-hetero) is 1. The third-order valence-corrected chi connectivity index (χ3v) is 5.42. The van der Waals surface area contributed by atoms with Crippen LogP contribution in [-0.2, 0) is 4.79 Å². The lowest BCUT2D eigenvalue weighted by molar-refractivity contribution is -0.121. The summed E-state index contributed by atoms with van der Waals surface area (Å²) in [6.07, 6.45) is 8.69. The zero-order chi connectivity index (χ0) is 19.5. The summed E-state index contributed by atoms with van der Waals surface area (Å²) < 4.78 is 5.09. The molecule has 1 saturated carbocycles. The summed E-state index contributed by atoms with van der Waals surface area (Å²) in [5.74, 6) is 1.19. The van der Waals surface area contributed by atoms with Crippen LogP contribution in [0.3, 0.4) is 0 Å². The lowest BCUT2D eigenvalue weighted by Crippen LogP contribution is -2.36. The van der Waals surface area contributed by atoms with E-state index in [-0.39, 0.29) is 11.7 Å². The Balaban J connectivity index is 1.53. The van der Waals surface area contributed by atoms with E-state index in [1.165, 1.54) is 19.3 Å². The molecule has 27 heavy (non-hydrogen) atoms. The smallest absolute Gasteiger partial charge is 0.220 e. The van der Waals surface area contributed by atoms with Crippen LogP contribution in [0.5, 0.6) is 5.75 Å². The number of aliphatic hydroxyl groups excluding tert-OH is 1.